The third-order valence-electron chi connectivity index (χ3n) is 5.33. The van der Waals surface area contributed by atoms with Gasteiger partial charge in [0.25, 0.3) is 5.91 Å². The molecule has 1 aliphatic heterocycles. The Kier molecular flexibility index (Phi) is 5.59. The van der Waals surface area contributed by atoms with Crippen LogP contribution in [-0.2, 0) is 17.9 Å². The van der Waals surface area contributed by atoms with Gasteiger partial charge in [0.15, 0.2) is 5.82 Å². The molecule has 0 radical (unpaired) electrons. The highest BCUT2D eigenvalue weighted by Crippen LogP contribution is 2.25. The van der Waals surface area contributed by atoms with Gasteiger partial charge in [-0.25, -0.2) is 4.98 Å². The van der Waals surface area contributed by atoms with E-state index in [0.29, 0.717) is 37.0 Å². The molecular weight excluding hydrogens is 404 g/mol. The van der Waals surface area contributed by atoms with Crippen molar-refractivity contribution < 1.29 is 9.53 Å². The van der Waals surface area contributed by atoms with Gasteiger partial charge in [0, 0.05) is 29.2 Å². The summed E-state index contributed by atoms with van der Waals surface area (Å²) in [6.45, 7) is 1.49. The highest BCUT2D eigenvalue weighted by Gasteiger charge is 2.22. The smallest absolute Gasteiger partial charge is 0.251 e. The molecule has 0 aliphatic carbocycles. The molecule has 0 saturated carbocycles. The van der Waals surface area contributed by atoms with E-state index >= 15 is 0 Å². The van der Waals surface area contributed by atoms with Gasteiger partial charge in [-0.3, -0.25) is 14.9 Å². The standard InChI is InChI=1S/C24H22N6O2/c31-24(27-21-15-32-14-18-4-1-2-7-20(18)21)17-5-3-6-19(12-17)26-13-22-28-23(30-29-22)16-8-10-25-11-9-16/h1-12,21,26H,13-15H2,(H,27,31)(H,28,29,30)/t21-/m1/s1. The van der Waals surface area contributed by atoms with Gasteiger partial charge < -0.3 is 15.4 Å². The maximum atomic E-state index is 12.9. The molecule has 1 aliphatic rings. The molecule has 32 heavy (non-hydrogen) atoms. The number of amides is 1. The molecule has 0 unspecified atom stereocenters. The summed E-state index contributed by atoms with van der Waals surface area (Å²) < 4.78 is 5.64. The number of nitrogens with one attached hydrogen (secondary N) is 3. The summed E-state index contributed by atoms with van der Waals surface area (Å²) in [5.74, 6) is 1.17. The van der Waals surface area contributed by atoms with Gasteiger partial charge in [-0.05, 0) is 41.5 Å². The molecule has 160 valence electrons. The number of hydrogen-bond acceptors (Lipinski definition) is 6. The number of fused-ring (bicyclic) bond motifs is 1. The van der Waals surface area contributed by atoms with Gasteiger partial charge in [0.05, 0.1) is 25.8 Å². The first-order chi connectivity index (χ1) is 15.8. The van der Waals surface area contributed by atoms with Gasteiger partial charge in [-0.15, -0.1) is 0 Å². The highest BCUT2D eigenvalue weighted by atomic mass is 16.5. The van der Waals surface area contributed by atoms with Crippen molar-refractivity contribution in [3.05, 3.63) is 95.6 Å². The zero-order chi connectivity index (χ0) is 21.8. The van der Waals surface area contributed by atoms with Crippen LogP contribution in [0.1, 0.15) is 33.4 Å². The lowest BCUT2D eigenvalue weighted by atomic mass is 9.99. The van der Waals surface area contributed by atoms with Crippen LogP contribution >= 0.6 is 0 Å². The molecule has 1 amide bonds. The molecular formula is C24H22N6O2. The molecule has 0 saturated heterocycles. The first-order valence-corrected chi connectivity index (χ1v) is 10.4. The van der Waals surface area contributed by atoms with Crippen LogP contribution in [-0.4, -0.2) is 32.7 Å². The fourth-order valence-electron chi connectivity index (χ4n) is 3.70. The molecule has 0 fully saturated rings. The third kappa shape index (κ3) is 4.35. The predicted molar refractivity (Wildman–Crippen MR) is 120 cm³/mol. The van der Waals surface area contributed by atoms with Crippen LogP contribution < -0.4 is 10.6 Å². The predicted octanol–water partition coefficient (Wildman–Crippen LogP) is 3.48. The van der Waals surface area contributed by atoms with E-state index < -0.39 is 0 Å². The topological polar surface area (TPSA) is 105 Å². The van der Waals surface area contributed by atoms with Crippen LogP contribution in [0.3, 0.4) is 0 Å². The van der Waals surface area contributed by atoms with Crippen molar-refractivity contribution in [2.75, 3.05) is 11.9 Å². The SMILES string of the molecule is O=C(N[C@@H]1COCc2ccccc21)c1cccc(NCc2nc(-c3ccncc3)n[nH]2)c1. The molecule has 5 rings (SSSR count). The molecule has 0 spiro atoms. The average molecular weight is 426 g/mol. The summed E-state index contributed by atoms with van der Waals surface area (Å²) in [6.07, 6.45) is 3.41. The number of pyridine rings is 1. The molecule has 2 aromatic heterocycles. The number of carbonyl (C=O) groups is 1. The number of rotatable bonds is 6. The monoisotopic (exact) mass is 426 g/mol. The molecule has 3 heterocycles. The molecule has 8 heteroatoms. The molecule has 8 nitrogen and oxygen atoms in total. The van der Waals surface area contributed by atoms with Gasteiger partial charge in [-0.1, -0.05) is 30.3 Å². The van der Waals surface area contributed by atoms with Crippen LogP contribution in [0, 0.1) is 0 Å². The van der Waals surface area contributed by atoms with E-state index in [9.17, 15) is 4.79 Å². The lowest BCUT2D eigenvalue weighted by Gasteiger charge is -2.26. The first kappa shape index (κ1) is 19.9. The Labute approximate surface area is 185 Å². The second-order valence-electron chi connectivity index (χ2n) is 7.52. The van der Waals surface area contributed by atoms with Crippen LogP contribution in [0.15, 0.2) is 73.1 Å². The summed E-state index contributed by atoms with van der Waals surface area (Å²) in [4.78, 5) is 21.4. The Morgan fingerprint density at radius 2 is 1.97 bits per heavy atom. The normalized spacial score (nSPS) is 15.1. The Morgan fingerprint density at radius 1 is 1.09 bits per heavy atom. The van der Waals surface area contributed by atoms with E-state index in [1.54, 1.807) is 18.5 Å². The van der Waals surface area contributed by atoms with E-state index in [-0.39, 0.29) is 11.9 Å². The van der Waals surface area contributed by atoms with Gasteiger partial charge in [0.1, 0.15) is 5.82 Å². The first-order valence-electron chi connectivity index (χ1n) is 10.4. The Morgan fingerprint density at radius 3 is 2.88 bits per heavy atom. The second kappa shape index (κ2) is 8.99. The minimum absolute atomic E-state index is 0.140. The number of H-pyrrole nitrogens is 1. The van der Waals surface area contributed by atoms with Crippen molar-refractivity contribution in [1.29, 1.82) is 0 Å². The lowest BCUT2D eigenvalue weighted by Crippen LogP contribution is -2.34. The van der Waals surface area contributed by atoms with Crippen molar-refractivity contribution in [2.45, 2.75) is 19.2 Å². The van der Waals surface area contributed by atoms with E-state index in [1.165, 1.54) is 0 Å². The summed E-state index contributed by atoms with van der Waals surface area (Å²) >= 11 is 0. The maximum absolute atomic E-state index is 12.9. The minimum Gasteiger partial charge on any atom is -0.378 e. The summed E-state index contributed by atoms with van der Waals surface area (Å²) in [6, 6.07) is 19.0. The van der Waals surface area contributed by atoms with Crippen LogP contribution in [0.2, 0.25) is 0 Å². The Bertz CT molecular complexity index is 1220. The summed E-state index contributed by atoms with van der Waals surface area (Å²) in [5, 5.41) is 13.6. The van der Waals surface area contributed by atoms with Crippen molar-refractivity contribution in [3.8, 4) is 11.4 Å². The van der Waals surface area contributed by atoms with Gasteiger partial charge in [0.2, 0.25) is 0 Å². The van der Waals surface area contributed by atoms with Crippen molar-refractivity contribution >= 4 is 11.6 Å². The number of carbonyl (C=O) groups excluding carboxylic acids is 1. The zero-order valence-electron chi connectivity index (χ0n) is 17.3. The van der Waals surface area contributed by atoms with E-state index in [0.717, 1.165) is 22.4 Å². The number of anilines is 1. The number of nitrogens with zero attached hydrogens (tertiary/aromatic N) is 3. The Hall–Kier alpha value is -4.04. The average Bonchev–Trinajstić information content (AvgIpc) is 3.33. The number of ether oxygens (including phenoxy) is 1. The quantitative estimate of drug-likeness (QED) is 0.436. The highest BCUT2D eigenvalue weighted by molar-refractivity contribution is 5.95. The fourth-order valence-corrected chi connectivity index (χ4v) is 3.70. The number of aromatic amines is 1. The Balaban J connectivity index is 1.23. The molecule has 2 aromatic carbocycles. The molecule has 3 N–H and O–H groups in total. The largest absolute Gasteiger partial charge is 0.378 e. The van der Waals surface area contributed by atoms with Crippen LogP contribution in [0.4, 0.5) is 5.69 Å². The number of hydrogen-bond donors (Lipinski definition) is 3. The maximum Gasteiger partial charge on any atom is 0.251 e. The van der Waals surface area contributed by atoms with Gasteiger partial charge >= 0.3 is 0 Å². The third-order valence-corrected chi connectivity index (χ3v) is 5.33. The van der Waals surface area contributed by atoms with Crippen LogP contribution in [0.25, 0.3) is 11.4 Å². The number of aromatic nitrogens is 4. The van der Waals surface area contributed by atoms with Gasteiger partial charge in [-0.2, -0.15) is 5.10 Å². The minimum atomic E-state index is -0.162. The van der Waals surface area contributed by atoms with E-state index in [1.807, 2.05) is 54.6 Å². The number of benzene rings is 2. The van der Waals surface area contributed by atoms with Crippen LogP contribution in [0.5, 0.6) is 0 Å². The zero-order valence-corrected chi connectivity index (χ0v) is 17.3. The van der Waals surface area contributed by atoms with E-state index in [2.05, 4.69) is 30.8 Å². The lowest BCUT2D eigenvalue weighted by molar-refractivity contribution is 0.0708. The van der Waals surface area contributed by atoms with Crippen molar-refractivity contribution in [2.24, 2.45) is 0 Å². The van der Waals surface area contributed by atoms with Crippen molar-refractivity contribution in [1.82, 2.24) is 25.5 Å². The molecule has 0 bridgehead atoms. The van der Waals surface area contributed by atoms with E-state index in [4.69, 9.17) is 4.74 Å². The van der Waals surface area contributed by atoms with Crippen molar-refractivity contribution in [3.63, 3.8) is 0 Å². The molecule has 1 atom stereocenters. The second-order valence-corrected chi connectivity index (χ2v) is 7.52. The molecule has 4 aromatic rings. The summed E-state index contributed by atoms with van der Waals surface area (Å²) in [7, 11) is 0. The fraction of sp³-hybridized carbons (Fsp3) is 0.167. The summed E-state index contributed by atoms with van der Waals surface area (Å²) in [5.41, 5.74) is 4.51.